The van der Waals surface area contributed by atoms with E-state index in [-0.39, 0.29) is 11.3 Å². The third kappa shape index (κ3) is 4.25. The molecule has 0 heterocycles. The molecule has 2 rings (SSSR count). The van der Waals surface area contributed by atoms with E-state index in [0.717, 1.165) is 11.1 Å². The summed E-state index contributed by atoms with van der Waals surface area (Å²) in [6.07, 6.45) is 0. The Bertz CT molecular complexity index is 770. The fourth-order valence-corrected chi connectivity index (χ4v) is 2.03. The minimum Gasteiger partial charge on any atom is -0.507 e. The number of hydrogen-bond donors (Lipinski definition) is 2. The lowest BCUT2D eigenvalue weighted by Gasteiger charge is -2.09. The van der Waals surface area contributed by atoms with Gasteiger partial charge in [-0.3, -0.25) is 4.79 Å². The first-order valence-electron chi connectivity index (χ1n) is 7.32. The Morgan fingerprint density at radius 2 is 1.83 bits per heavy atom. The molecule has 0 aliphatic rings. The van der Waals surface area contributed by atoms with Crippen LogP contribution < -0.4 is 10.1 Å². The average Bonchev–Trinajstić information content (AvgIpc) is 2.56. The quantitative estimate of drug-likeness (QED) is 0.824. The highest BCUT2D eigenvalue weighted by Gasteiger charge is 2.15. The smallest absolute Gasteiger partial charge is 0.342 e. The topological polar surface area (TPSA) is 84.9 Å². The maximum Gasteiger partial charge on any atom is 0.342 e. The van der Waals surface area contributed by atoms with E-state index in [2.05, 4.69) is 5.32 Å². The van der Waals surface area contributed by atoms with Gasteiger partial charge in [-0.2, -0.15) is 0 Å². The van der Waals surface area contributed by atoms with Crippen LogP contribution in [0.4, 0.5) is 5.69 Å². The number of nitrogens with one attached hydrogen (secondary N) is 1. The number of carbonyl (C=O) groups is 2. The van der Waals surface area contributed by atoms with Gasteiger partial charge in [-0.1, -0.05) is 6.07 Å². The third-order valence-electron chi connectivity index (χ3n) is 3.55. The van der Waals surface area contributed by atoms with Gasteiger partial charge in [-0.05, 0) is 55.3 Å². The summed E-state index contributed by atoms with van der Waals surface area (Å²) in [6.45, 7) is 3.46. The van der Waals surface area contributed by atoms with Crippen LogP contribution in [0.25, 0.3) is 0 Å². The Hall–Kier alpha value is -3.02. The monoisotopic (exact) mass is 329 g/mol. The molecular weight excluding hydrogens is 310 g/mol. The summed E-state index contributed by atoms with van der Waals surface area (Å²) >= 11 is 0. The summed E-state index contributed by atoms with van der Waals surface area (Å²) in [5.41, 5.74) is 2.73. The van der Waals surface area contributed by atoms with Gasteiger partial charge in [0, 0.05) is 5.69 Å². The Morgan fingerprint density at radius 3 is 2.50 bits per heavy atom. The zero-order valence-corrected chi connectivity index (χ0v) is 13.8. The maximum atomic E-state index is 12.0. The first kappa shape index (κ1) is 17.3. The number of rotatable bonds is 5. The molecule has 0 spiro atoms. The molecule has 0 aliphatic carbocycles. The number of hydrogen-bond acceptors (Lipinski definition) is 5. The van der Waals surface area contributed by atoms with Crippen molar-refractivity contribution >= 4 is 17.6 Å². The van der Waals surface area contributed by atoms with Crippen LogP contribution in [0, 0.1) is 13.8 Å². The van der Waals surface area contributed by atoms with Crippen molar-refractivity contribution in [2.75, 3.05) is 19.0 Å². The summed E-state index contributed by atoms with van der Waals surface area (Å²) in [6, 6.07) is 9.69. The predicted molar refractivity (Wildman–Crippen MR) is 89.5 cm³/mol. The number of methoxy groups -OCH3 is 1. The minimum absolute atomic E-state index is 0.0617. The van der Waals surface area contributed by atoms with E-state index in [1.54, 1.807) is 6.07 Å². The average molecular weight is 329 g/mol. The molecular formula is C18H19NO5. The lowest BCUT2D eigenvalue weighted by Crippen LogP contribution is -2.21. The van der Waals surface area contributed by atoms with Gasteiger partial charge in [0.05, 0.1) is 7.11 Å². The van der Waals surface area contributed by atoms with Crippen LogP contribution in [0.3, 0.4) is 0 Å². The van der Waals surface area contributed by atoms with Gasteiger partial charge in [0.25, 0.3) is 5.91 Å². The molecule has 2 aromatic carbocycles. The van der Waals surface area contributed by atoms with Crippen LogP contribution in [0.1, 0.15) is 21.5 Å². The molecule has 2 N–H and O–H groups in total. The second-order valence-electron chi connectivity index (χ2n) is 5.31. The van der Waals surface area contributed by atoms with Gasteiger partial charge in [0.2, 0.25) is 0 Å². The summed E-state index contributed by atoms with van der Waals surface area (Å²) in [5.74, 6) is -1.11. The Labute approximate surface area is 140 Å². The molecule has 6 nitrogen and oxygen atoms in total. The minimum atomic E-state index is -0.804. The van der Waals surface area contributed by atoms with Gasteiger partial charge in [-0.25, -0.2) is 4.79 Å². The fourth-order valence-electron chi connectivity index (χ4n) is 2.03. The summed E-state index contributed by atoms with van der Waals surface area (Å²) in [5, 5.41) is 12.4. The number of aromatic hydroxyl groups is 1. The summed E-state index contributed by atoms with van der Waals surface area (Å²) < 4.78 is 9.92. The highest BCUT2D eigenvalue weighted by atomic mass is 16.5. The Kier molecular flexibility index (Phi) is 5.42. The van der Waals surface area contributed by atoms with Crippen molar-refractivity contribution in [3.05, 3.63) is 53.1 Å². The van der Waals surface area contributed by atoms with E-state index in [1.807, 2.05) is 26.0 Å². The van der Waals surface area contributed by atoms with Gasteiger partial charge in [0.15, 0.2) is 6.61 Å². The van der Waals surface area contributed by atoms with Crippen LogP contribution in [-0.2, 0) is 9.53 Å². The number of anilines is 1. The van der Waals surface area contributed by atoms with E-state index in [4.69, 9.17) is 9.47 Å². The Morgan fingerprint density at radius 1 is 1.08 bits per heavy atom. The molecule has 0 fully saturated rings. The lowest BCUT2D eigenvalue weighted by molar-refractivity contribution is -0.119. The SMILES string of the molecule is COc1ccc(O)c(C(=O)OCC(=O)Nc2ccc(C)c(C)c2)c1. The van der Waals surface area contributed by atoms with Gasteiger partial charge in [-0.15, -0.1) is 0 Å². The van der Waals surface area contributed by atoms with Crippen LogP contribution in [-0.4, -0.2) is 30.7 Å². The second kappa shape index (κ2) is 7.50. The van der Waals surface area contributed by atoms with Crippen molar-refractivity contribution in [3.8, 4) is 11.5 Å². The fraction of sp³-hybridized carbons (Fsp3) is 0.222. The molecule has 1 amide bonds. The number of ether oxygens (including phenoxy) is 2. The van der Waals surface area contributed by atoms with Crippen molar-refractivity contribution < 1.29 is 24.2 Å². The molecule has 6 heteroatoms. The van der Waals surface area contributed by atoms with Crippen molar-refractivity contribution in [3.63, 3.8) is 0 Å². The van der Waals surface area contributed by atoms with Crippen molar-refractivity contribution in [1.29, 1.82) is 0 Å². The number of esters is 1. The first-order valence-corrected chi connectivity index (χ1v) is 7.32. The molecule has 0 saturated heterocycles. The molecule has 0 atom stereocenters. The molecule has 0 radical (unpaired) electrons. The molecule has 0 unspecified atom stereocenters. The molecule has 126 valence electrons. The van der Waals surface area contributed by atoms with E-state index in [9.17, 15) is 14.7 Å². The van der Waals surface area contributed by atoms with E-state index < -0.39 is 18.5 Å². The van der Waals surface area contributed by atoms with E-state index in [1.165, 1.54) is 25.3 Å². The molecule has 0 aromatic heterocycles. The first-order chi connectivity index (χ1) is 11.4. The number of carbonyl (C=O) groups excluding carboxylic acids is 2. The van der Waals surface area contributed by atoms with Crippen LogP contribution in [0.2, 0.25) is 0 Å². The zero-order chi connectivity index (χ0) is 17.7. The van der Waals surface area contributed by atoms with Gasteiger partial charge in [0.1, 0.15) is 17.1 Å². The normalized spacial score (nSPS) is 10.1. The number of benzene rings is 2. The number of amides is 1. The van der Waals surface area contributed by atoms with Crippen molar-refractivity contribution in [2.45, 2.75) is 13.8 Å². The van der Waals surface area contributed by atoms with Crippen molar-refractivity contribution in [1.82, 2.24) is 0 Å². The third-order valence-corrected chi connectivity index (χ3v) is 3.55. The molecule has 24 heavy (non-hydrogen) atoms. The predicted octanol–water partition coefficient (Wildman–Crippen LogP) is 2.81. The zero-order valence-electron chi connectivity index (χ0n) is 13.8. The van der Waals surface area contributed by atoms with Crippen LogP contribution in [0.5, 0.6) is 11.5 Å². The van der Waals surface area contributed by atoms with E-state index >= 15 is 0 Å². The molecule has 0 saturated carbocycles. The van der Waals surface area contributed by atoms with Crippen molar-refractivity contribution in [2.24, 2.45) is 0 Å². The molecule has 0 aliphatic heterocycles. The van der Waals surface area contributed by atoms with Gasteiger partial charge < -0.3 is 19.9 Å². The molecule has 2 aromatic rings. The number of phenols is 1. The summed E-state index contributed by atoms with van der Waals surface area (Å²) in [7, 11) is 1.44. The Balaban J connectivity index is 1.96. The second-order valence-corrected chi connectivity index (χ2v) is 5.31. The van der Waals surface area contributed by atoms with Gasteiger partial charge >= 0.3 is 5.97 Å². The molecule has 0 bridgehead atoms. The largest absolute Gasteiger partial charge is 0.507 e. The van der Waals surface area contributed by atoms with Crippen LogP contribution >= 0.6 is 0 Å². The van der Waals surface area contributed by atoms with E-state index in [0.29, 0.717) is 11.4 Å². The summed E-state index contributed by atoms with van der Waals surface area (Å²) in [4.78, 5) is 23.8. The maximum absolute atomic E-state index is 12.0. The highest BCUT2D eigenvalue weighted by Crippen LogP contribution is 2.23. The lowest BCUT2D eigenvalue weighted by atomic mass is 10.1. The number of phenolic OH excluding ortho intramolecular Hbond substituents is 1. The highest BCUT2D eigenvalue weighted by molar-refractivity contribution is 5.97. The standard InChI is InChI=1S/C18H19NO5/c1-11-4-5-13(8-12(11)2)19-17(21)10-24-18(22)15-9-14(23-3)6-7-16(15)20/h4-9,20H,10H2,1-3H3,(H,19,21). The number of aryl methyl sites for hydroxylation is 2. The van der Waals surface area contributed by atoms with Crippen LogP contribution in [0.15, 0.2) is 36.4 Å².